The molecule has 0 aliphatic heterocycles. The third-order valence-electron chi connectivity index (χ3n) is 2.13. The van der Waals surface area contributed by atoms with Gasteiger partial charge in [-0.3, -0.25) is 0 Å². The molecular formula is C11H23ClO. The second-order valence-corrected chi connectivity index (χ2v) is 5.95. The van der Waals surface area contributed by atoms with E-state index in [0.717, 1.165) is 6.61 Å². The molecule has 1 unspecified atom stereocenters. The number of ether oxygens (including phenoxy) is 1. The summed E-state index contributed by atoms with van der Waals surface area (Å²) in [5.41, 5.74) is 0.169. The highest BCUT2D eigenvalue weighted by molar-refractivity contribution is 6.18. The first-order valence-electron chi connectivity index (χ1n) is 4.87. The van der Waals surface area contributed by atoms with Gasteiger partial charge in [0.2, 0.25) is 0 Å². The van der Waals surface area contributed by atoms with Crippen LogP contribution in [0.3, 0.4) is 0 Å². The van der Waals surface area contributed by atoms with E-state index in [1.807, 2.05) is 0 Å². The zero-order valence-electron chi connectivity index (χ0n) is 9.78. The normalized spacial score (nSPS) is 15.9. The Balaban J connectivity index is 4.02. The molecule has 13 heavy (non-hydrogen) atoms. The molecule has 0 amide bonds. The Morgan fingerprint density at radius 3 is 1.77 bits per heavy atom. The lowest BCUT2D eigenvalue weighted by Gasteiger charge is -2.31. The number of halogens is 1. The minimum absolute atomic E-state index is 0.0600. The fraction of sp³-hybridized carbons (Fsp3) is 1.00. The number of rotatable bonds is 3. The molecule has 0 aromatic heterocycles. The Morgan fingerprint density at radius 1 is 1.08 bits per heavy atom. The minimum Gasteiger partial charge on any atom is -0.376 e. The van der Waals surface area contributed by atoms with Crippen molar-refractivity contribution in [2.45, 2.75) is 47.1 Å². The fourth-order valence-electron chi connectivity index (χ4n) is 0.877. The average molecular weight is 207 g/mol. The zero-order chi connectivity index (χ0) is 10.7. The fourth-order valence-corrected chi connectivity index (χ4v) is 1.43. The van der Waals surface area contributed by atoms with Gasteiger partial charge >= 0.3 is 0 Å². The Bertz CT molecular complexity index is 141. The zero-order valence-corrected chi connectivity index (χ0v) is 10.5. The Labute approximate surface area is 87.8 Å². The van der Waals surface area contributed by atoms with Crippen molar-refractivity contribution < 1.29 is 4.74 Å². The molecule has 0 heterocycles. The van der Waals surface area contributed by atoms with Crippen LogP contribution in [0.4, 0.5) is 0 Å². The van der Waals surface area contributed by atoms with E-state index in [-0.39, 0.29) is 11.0 Å². The van der Waals surface area contributed by atoms with Gasteiger partial charge in [-0.1, -0.05) is 20.8 Å². The van der Waals surface area contributed by atoms with Crippen molar-refractivity contribution in [1.29, 1.82) is 0 Å². The highest BCUT2D eigenvalue weighted by Crippen LogP contribution is 2.28. The highest BCUT2D eigenvalue weighted by Gasteiger charge is 2.25. The Morgan fingerprint density at radius 2 is 1.54 bits per heavy atom. The van der Waals surface area contributed by atoms with Gasteiger partial charge < -0.3 is 4.74 Å². The molecule has 0 aromatic rings. The van der Waals surface area contributed by atoms with Crippen LogP contribution in [0, 0.1) is 11.3 Å². The molecule has 0 saturated heterocycles. The molecule has 0 spiro atoms. The third-order valence-corrected chi connectivity index (χ3v) is 2.50. The maximum Gasteiger partial charge on any atom is 0.0598 e. The van der Waals surface area contributed by atoms with Crippen LogP contribution in [0.5, 0.6) is 0 Å². The monoisotopic (exact) mass is 206 g/mol. The quantitative estimate of drug-likeness (QED) is 0.640. The molecular weight excluding hydrogens is 184 g/mol. The van der Waals surface area contributed by atoms with Crippen molar-refractivity contribution in [3.63, 3.8) is 0 Å². The van der Waals surface area contributed by atoms with Crippen LogP contribution in [0.1, 0.15) is 41.5 Å². The largest absolute Gasteiger partial charge is 0.376 e. The van der Waals surface area contributed by atoms with Gasteiger partial charge in [-0.05, 0) is 26.2 Å². The average Bonchev–Trinajstić information content (AvgIpc) is 1.82. The molecule has 0 bridgehead atoms. The van der Waals surface area contributed by atoms with E-state index in [1.54, 1.807) is 0 Å². The van der Waals surface area contributed by atoms with E-state index in [9.17, 15) is 0 Å². The van der Waals surface area contributed by atoms with E-state index < -0.39 is 0 Å². The molecule has 0 fully saturated rings. The molecule has 0 aromatic carbocycles. The second kappa shape index (κ2) is 4.65. The molecule has 0 aliphatic carbocycles. The molecule has 0 saturated carbocycles. The summed E-state index contributed by atoms with van der Waals surface area (Å²) in [4.78, 5) is 0. The van der Waals surface area contributed by atoms with Crippen LogP contribution in [0.2, 0.25) is 0 Å². The predicted octanol–water partition coefficient (Wildman–Crippen LogP) is 3.70. The van der Waals surface area contributed by atoms with Gasteiger partial charge in [0.25, 0.3) is 0 Å². The lowest BCUT2D eigenvalue weighted by molar-refractivity contribution is -0.0362. The van der Waals surface area contributed by atoms with Gasteiger partial charge in [-0.2, -0.15) is 0 Å². The van der Waals surface area contributed by atoms with Gasteiger partial charge in [0.1, 0.15) is 0 Å². The first kappa shape index (κ1) is 13.2. The van der Waals surface area contributed by atoms with E-state index >= 15 is 0 Å². The lowest BCUT2D eigenvalue weighted by Crippen LogP contribution is -2.31. The maximum atomic E-state index is 5.90. The highest BCUT2D eigenvalue weighted by atomic mass is 35.5. The van der Waals surface area contributed by atoms with Crippen molar-refractivity contribution in [2.75, 3.05) is 12.5 Å². The van der Waals surface area contributed by atoms with Crippen molar-refractivity contribution >= 4 is 11.6 Å². The van der Waals surface area contributed by atoms with Crippen LogP contribution in [-0.4, -0.2) is 18.1 Å². The number of alkyl halides is 1. The summed E-state index contributed by atoms with van der Waals surface area (Å²) in [6.45, 7) is 13.6. The molecule has 80 valence electrons. The Kier molecular flexibility index (Phi) is 4.74. The third kappa shape index (κ3) is 6.34. The minimum atomic E-state index is -0.0600. The van der Waals surface area contributed by atoms with Gasteiger partial charge in [0.15, 0.2) is 0 Å². The van der Waals surface area contributed by atoms with E-state index in [4.69, 9.17) is 16.3 Å². The van der Waals surface area contributed by atoms with Crippen LogP contribution in [-0.2, 0) is 4.74 Å². The Hall–Kier alpha value is 0.250. The van der Waals surface area contributed by atoms with Crippen molar-refractivity contribution in [2.24, 2.45) is 11.3 Å². The van der Waals surface area contributed by atoms with Crippen LogP contribution in [0.25, 0.3) is 0 Å². The lowest BCUT2D eigenvalue weighted by atomic mass is 9.82. The van der Waals surface area contributed by atoms with Gasteiger partial charge in [-0.15, -0.1) is 11.6 Å². The van der Waals surface area contributed by atoms with Gasteiger partial charge in [0, 0.05) is 11.8 Å². The van der Waals surface area contributed by atoms with Crippen LogP contribution in [0.15, 0.2) is 0 Å². The maximum absolute atomic E-state index is 5.90. The first-order chi connectivity index (χ1) is 5.67. The summed E-state index contributed by atoms with van der Waals surface area (Å²) in [7, 11) is 0. The topological polar surface area (TPSA) is 9.23 Å². The van der Waals surface area contributed by atoms with Gasteiger partial charge in [0.05, 0.1) is 12.2 Å². The summed E-state index contributed by atoms with van der Waals surface area (Å²) in [5.74, 6) is 1.09. The second-order valence-electron chi connectivity index (χ2n) is 5.64. The molecule has 0 radical (unpaired) electrons. The van der Waals surface area contributed by atoms with Crippen molar-refractivity contribution in [1.82, 2.24) is 0 Å². The molecule has 0 rings (SSSR count). The predicted molar refractivity (Wildman–Crippen MR) is 59.4 cm³/mol. The molecule has 0 N–H and O–H groups in total. The summed E-state index contributed by atoms with van der Waals surface area (Å²) < 4.78 is 5.72. The molecule has 1 nitrogen and oxygen atoms in total. The standard InChI is InChI=1S/C11H23ClO/c1-10(2,3)9(7-12)8-13-11(4,5)6/h9H,7-8H2,1-6H3. The summed E-state index contributed by atoms with van der Waals surface area (Å²) >= 11 is 5.90. The number of hydrogen-bond donors (Lipinski definition) is 0. The van der Waals surface area contributed by atoms with E-state index in [0.29, 0.717) is 11.8 Å². The summed E-state index contributed by atoms with van der Waals surface area (Å²) in [6, 6.07) is 0. The van der Waals surface area contributed by atoms with Crippen molar-refractivity contribution in [3.05, 3.63) is 0 Å². The molecule has 1 atom stereocenters. The first-order valence-corrected chi connectivity index (χ1v) is 5.40. The summed E-state index contributed by atoms with van der Waals surface area (Å²) in [6.07, 6.45) is 0. The van der Waals surface area contributed by atoms with Crippen molar-refractivity contribution in [3.8, 4) is 0 Å². The van der Waals surface area contributed by atoms with E-state index in [2.05, 4.69) is 41.5 Å². The number of hydrogen-bond acceptors (Lipinski definition) is 1. The smallest absolute Gasteiger partial charge is 0.0598 e. The summed E-state index contributed by atoms with van der Waals surface area (Å²) in [5, 5.41) is 0. The van der Waals surface area contributed by atoms with Gasteiger partial charge in [-0.25, -0.2) is 0 Å². The molecule has 0 aliphatic rings. The molecule has 2 heteroatoms. The SMILES string of the molecule is CC(C)(C)OCC(CCl)C(C)(C)C. The van der Waals surface area contributed by atoms with Crippen LogP contribution < -0.4 is 0 Å². The van der Waals surface area contributed by atoms with E-state index in [1.165, 1.54) is 0 Å². The van der Waals surface area contributed by atoms with Crippen LogP contribution >= 0.6 is 11.6 Å².